The Morgan fingerprint density at radius 2 is 1.08 bits per heavy atom. The normalized spacial score (nSPS) is 15.0. The van der Waals surface area contributed by atoms with Crippen LogP contribution in [0, 0.1) is 5.92 Å². The molecule has 0 bridgehead atoms. The summed E-state index contributed by atoms with van der Waals surface area (Å²) in [6.07, 6.45) is -4.57. The number of aliphatic hydroxyl groups excluding tert-OH is 1. The maximum absolute atomic E-state index is 13.7. The fraction of sp³-hybridized carbons (Fsp3) is 0.500. The maximum atomic E-state index is 13.7. The molecule has 0 aliphatic carbocycles. The Bertz CT molecular complexity index is 1470. The van der Waals surface area contributed by atoms with Crippen LogP contribution < -0.4 is 38.1 Å². The van der Waals surface area contributed by atoms with Gasteiger partial charge < -0.3 is 63.6 Å². The number of rotatable bonds is 21. The van der Waals surface area contributed by atoms with E-state index in [1.807, 2.05) is 10.6 Å². The fourth-order valence-electron chi connectivity index (χ4n) is 4.40. The van der Waals surface area contributed by atoms with Crippen LogP contribution in [0.25, 0.3) is 0 Å². The van der Waals surface area contributed by atoms with Gasteiger partial charge in [0.1, 0.15) is 29.9 Å². The number of amides is 6. The summed E-state index contributed by atoms with van der Waals surface area (Å²) in [5.41, 5.74) is 11.1. The van der Waals surface area contributed by atoms with E-state index in [-0.39, 0.29) is 12.2 Å². The molecule has 0 aromatic heterocycles. The number of aromatic hydroxyl groups is 1. The first-order valence-corrected chi connectivity index (χ1v) is 15.3. The van der Waals surface area contributed by atoms with Gasteiger partial charge in [-0.15, -0.1) is 0 Å². The second-order valence-electron chi connectivity index (χ2n) is 11.8. The maximum Gasteiger partial charge on any atom is 0.328 e. The predicted molar refractivity (Wildman–Crippen MR) is 172 cm³/mol. The number of primary amides is 1. The van der Waals surface area contributed by atoms with Crippen LogP contribution in [0.5, 0.6) is 5.75 Å². The van der Waals surface area contributed by atoms with E-state index < -0.39 is 121 Å². The van der Waals surface area contributed by atoms with Crippen LogP contribution in [0.15, 0.2) is 24.3 Å². The lowest BCUT2D eigenvalue weighted by molar-refractivity contribution is -0.145. The van der Waals surface area contributed by atoms with E-state index in [0.717, 1.165) is 6.92 Å². The second-order valence-corrected chi connectivity index (χ2v) is 11.8. The lowest BCUT2D eigenvalue weighted by atomic mass is 9.99. The number of nitrogens with one attached hydrogen (secondary N) is 5. The highest BCUT2D eigenvalue weighted by atomic mass is 16.4. The molecule has 0 spiro atoms. The molecule has 1 aromatic rings. The molecule has 0 aliphatic rings. The molecule has 0 unspecified atom stereocenters. The van der Waals surface area contributed by atoms with Crippen LogP contribution >= 0.6 is 0 Å². The number of carbonyl (C=O) groups excluding carboxylic acids is 6. The zero-order chi connectivity index (χ0) is 39.2. The molecule has 0 aliphatic heterocycles. The third-order valence-corrected chi connectivity index (χ3v) is 7.08. The van der Waals surface area contributed by atoms with Gasteiger partial charge in [-0.3, -0.25) is 38.4 Å². The van der Waals surface area contributed by atoms with Crippen molar-refractivity contribution >= 4 is 53.4 Å². The number of carboxylic acid groups (broad SMARTS) is 3. The van der Waals surface area contributed by atoms with Gasteiger partial charge in [0.15, 0.2) is 6.04 Å². The van der Waals surface area contributed by atoms with Gasteiger partial charge >= 0.3 is 17.9 Å². The highest BCUT2D eigenvalue weighted by Gasteiger charge is 2.35. The number of nitrogens with two attached hydrogens (primary N) is 2. The van der Waals surface area contributed by atoms with Gasteiger partial charge in [0.25, 0.3) is 0 Å². The average Bonchev–Trinajstić information content (AvgIpc) is 3.00. The van der Waals surface area contributed by atoms with E-state index >= 15 is 0 Å². The summed E-state index contributed by atoms with van der Waals surface area (Å²) in [5.74, 6) is -12.3. The number of phenolic OH excluding ortho intramolecular Hbond substituents is 1. The van der Waals surface area contributed by atoms with E-state index in [2.05, 4.69) is 16.0 Å². The van der Waals surface area contributed by atoms with Gasteiger partial charge in [0, 0.05) is 6.42 Å². The monoisotopic (exact) mass is 725 g/mol. The van der Waals surface area contributed by atoms with Gasteiger partial charge in [-0.1, -0.05) is 26.0 Å². The molecule has 1 aromatic carbocycles. The predicted octanol–water partition coefficient (Wildman–Crippen LogP) is -4.37. The van der Waals surface area contributed by atoms with Crippen molar-refractivity contribution in [3.05, 3.63) is 29.8 Å². The van der Waals surface area contributed by atoms with E-state index in [4.69, 9.17) is 16.6 Å². The summed E-state index contributed by atoms with van der Waals surface area (Å²) in [6, 6.07) is -4.85. The number of hydrogen-bond acceptors (Lipinski definition) is 12. The third-order valence-electron chi connectivity index (χ3n) is 7.08. The molecule has 0 fully saturated rings. The Balaban J connectivity index is 3.38. The van der Waals surface area contributed by atoms with Crippen molar-refractivity contribution in [3.63, 3.8) is 0 Å². The minimum atomic E-state index is -1.85. The van der Waals surface area contributed by atoms with Gasteiger partial charge in [0.05, 0.1) is 31.4 Å². The quantitative estimate of drug-likeness (QED) is 0.0569. The largest absolute Gasteiger partial charge is 0.508 e. The van der Waals surface area contributed by atoms with Crippen LogP contribution in [0.1, 0.15) is 45.6 Å². The molecule has 282 valence electrons. The first-order chi connectivity index (χ1) is 23.6. The molecule has 0 heterocycles. The number of hydrogen-bond donors (Lipinski definition) is 12. The van der Waals surface area contributed by atoms with Crippen molar-refractivity contribution in [2.45, 2.75) is 88.8 Å². The summed E-state index contributed by atoms with van der Waals surface area (Å²) >= 11 is 0. The summed E-state index contributed by atoms with van der Waals surface area (Å²) in [6.45, 7) is 4.03. The van der Waals surface area contributed by atoms with Crippen LogP contribution in [-0.2, 0) is 49.6 Å². The molecule has 14 N–H and O–H groups in total. The Morgan fingerprint density at radius 3 is 1.55 bits per heavy atom. The van der Waals surface area contributed by atoms with Gasteiger partial charge in [0.2, 0.25) is 35.4 Å². The van der Waals surface area contributed by atoms with E-state index in [1.54, 1.807) is 0 Å². The van der Waals surface area contributed by atoms with Crippen molar-refractivity contribution < 1.29 is 68.7 Å². The zero-order valence-electron chi connectivity index (χ0n) is 27.8. The van der Waals surface area contributed by atoms with Crippen molar-refractivity contribution in [1.82, 2.24) is 26.6 Å². The summed E-state index contributed by atoms with van der Waals surface area (Å²) in [5, 5.41) is 57.8. The Labute approximate surface area is 290 Å². The highest BCUT2D eigenvalue weighted by molar-refractivity contribution is 5.98. The number of carbonyl (C=O) groups is 9. The lowest BCUT2D eigenvalue weighted by Gasteiger charge is -2.28. The van der Waals surface area contributed by atoms with Gasteiger partial charge in [-0.2, -0.15) is 0 Å². The van der Waals surface area contributed by atoms with Crippen LogP contribution in [0.3, 0.4) is 0 Å². The van der Waals surface area contributed by atoms with Crippen LogP contribution in [0.2, 0.25) is 0 Å². The third kappa shape index (κ3) is 15.1. The molecule has 21 heteroatoms. The summed E-state index contributed by atoms with van der Waals surface area (Å²) in [4.78, 5) is 111. The topological polar surface area (TPSA) is 367 Å². The van der Waals surface area contributed by atoms with Gasteiger partial charge in [-0.05, 0) is 30.5 Å². The Hall–Kier alpha value is -5.83. The van der Waals surface area contributed by atoms with E-state index in [9.17, 15) is 63.6 Å². The number of carboxylic acids is 3. The second kappa shape index (κ2) is 20.0. The van der Waals surface area contributed by atoms with Gasteiger partial charge in [-0.25, -0.2) is 4.79 Å². The van der Waals surface area contributed by atoms with Crippen molar-refractivity contribution in [2.24, 2.45) is 17.4 Å². The first-order valence-electron chi connectivity index (χ1n) is 15.3. The number of phenols is 1. The smallest absolute Gasteiger partial charge is 0.328 e. The number of aliphatic carboxylic acids is 3. The zero-order valence-corrected chi connectivity index (χ0v) is 27.8. The van der Waals surface area contributed by atoms with Crippen LogP contribution in [-0.4, -0.2) is 121 Å². The van der Waals surface area contributed by atoms with E-state index in [0.29, 0.717) is 5.56 Å². The minimum absolute atomic E-state index is 0.139. The molecule has 51 heavy (non-hydrogen) atoms. The molecular formula is C30H43N7O14. The summed E-state index contributed by atoms with van der Waals surface area (Å²) < 4.78 is 0. The molecular weight excluding hydrogens is 682 g/mol. The van der Waals surface area contributed by atoms with Crippen molar-refractivity contribution in [2.75, 3.05) is 0 Å². The van der Waals surface area contributed by atoms with Crippen LogP contribution in [0.4, 0.5) is 0 Å². The highest BCUT2D eigenvalue weighted by Crippen LogP contribution is 2.13. The SMILES string of the molecule is CC(C)[C@H](NC(=O)[C@H](Cc1ccc(O)cc1)NC(=O)[C@H](CC(=O)O)NC(=O)[C@@H](N)CC(=O)O)C(=O)N[C@@H](CC(N)=O)C(=O)N[C@H](C(=O)O)[C@@H](C)O. The Morgan fingerprint density at radius 1 is 0.627 bits per heavy atom. The molecule has 0 radical (unpaired) electrons. The standard InChI is InChI=1S/C30H43N7O14/c1-12(2)23(29(49)35-18(10-20(32)40)28(48)37-24(13(3)38)30(50)51)36-27(47)17(8-14-4-6-15(39)7-5-14)34-26(46)19(11-22(43)44)33-25(45)16(31)9-21(41)42/h4-7,12-13,16-19,23-24,38-39H,8-11,31H2,1-3H3,(H2,32,40)(H,33,45)(H,34,46)(H,35,49)(H,36,47)(H,37,48)(H,41,42)(H,43,44)(H,50,51)/t13-,16+,17+,18+,19+,23+,24+/m1/s1. The molecule has 0 saturated carbocycles. The van der Waals surface area contributed by atoms with Crippen molar-refractivity contribution in [1.29, 1.82) is 0 Å². The fourth-order valence-corrected chi connectivity index (χ4v) is 4.40. The lowest BCUT2D eigenvalue weighted by Crippen LogP contribution is -2.61. The molecule has 7 atom stereocenters. The van der Waals surface area contributed by atoms with Crippen molar-refractivity contribution in [3.8, 4) is 5.75 Å². The molecule has 1 rings (SSSR count). The Kier molecular flexibility index (Phi) is 16.9. The minimum Gasteiger partial charge on any atom is -0.508 e. The first kappa shape index (κ1) is 43.2. The molecule has 21 nitrogen and oxygen atoms in total. The average molecular weight is 726 g/mol. The number of benzene rings is 1. The molecule has 6 amide bonds. The summed E-state index contributed by atoms with van der Waals surface area (Å²) in [7, 11) is 0. The number of aliphatic hydroxyl groups is 1. The van der Waals surface area contributed by atoms with E-state index in [1.165, 1.54) is 38.1 Å². The molecule has 0 saturated heterocycles.